The van der Waals surface area contributed by atoms with Gasteiger partial charge in [0.25, 0.3) is 0 Å². The largest absolute Gasteiger partial charge is 0.471 e. The molecular weight excluding hydrogens is 329 g/mol. The van der Waals surface area contributed by atoms with E-state index in [0.717, 1.165) is 16.0 Å². The molecule has 2 aromatic rings. The molecule has 0 unspecified atom stereocenters. The highest BCUT2D eigenvalue weighted by Crippen LogP contribution is 2.34. The average Bonchev–Trinajstić information content (AvgIpc) is 2.57. The maximum atomic E-state index is 12.6. The van der Waals surface area contributed by atoms with Crippen LogP contribution in [-0.4, -0.2) is 48.1 Å². The van der Waals surface area contributed by atoms with Crippen molar-refractivity contribution in [3.05, 3.63) is 71.8 Å². The van der Waals surface area contributed by atoms with Crippen molar-refractivity contribution in [3.63, 3.8) is 0 Å². The van der Waals surface area contributed by atoms with E-state index in [-0.39, 0.29) is 6.04 Å². The average molecular weight is 348 g/mol. The van der Waals surface area contributed by atoms with E-state index in [1.54, 1.807) is 0 Å². The number of nitrogens with zero attached hydrogens (tertiary/aromatic N) is 2. The molecule has 0 saturated carbocycles. The van der Waals surface area contributed by atoms with E-state index >= 15 is 0 Å². The SMILES string of the molecule is CN(C(=O)C(F)(F)F)C1CN(C(c2ccccc2)c2ccccc2)C1. The van der Waals surface area contributed by atoms with E-state index in [1.165, 1.54) is 7.05 Å². The highest BCUT2D eigenvalue weighted by atomic mass is 19.4. The molecule has 132 valence electrons. The smallest absolute Gasteiger partial charge is 0.332 e. The third-order valence-corrected chi connectivity index (χ3v) is 4.60. The lowest BCUT2D eigenvalue weighted by molar-refractivity contribution is -0.189. The van der Waals surface area contributed by atoms with Gasteiger partial charge in [-0.2, -0.15) is 13.2 Å². The van der Waals surface area contributed by atoms with Crippen LogP contribution in [0.5, 0.6) is 0 Å². The van der Waals surface area contributed by atoms with Crippen LogP contribution < -0.4 is 0 Å². The minimum Gasteiger partial charge on any atom is -0.332 e. The fourth-order valence-corrected chi connectivity index (χ4v) is 3.19. The van der Waals surface area contributed by atoms with Crippen LogP contribution in [0.2, 0.25) is 0 Å². The van der Waals surface area contributed by atoms with Gasteiger partial charge in [-0.05, 0) is 11.1 Å². The van der Waals surface area contributed by atoms with Crippen LogP contribution in [0, 0.1) is 0 Å². The van der Waals surface area contributed by atoms with Gasteiger partial charge in [-0.25, -0.2) is 0 Å². The number of alkyl halides is 3. The molecule has 1 aliphatic rings. The van der Waals surface area contributed by atoms with E-state index in [1.807, 2.05) is 60.7 Å². The first kappa shape index (κ1) is 17.5. The summed E-state index contributed by atoms with van der Waals surface area (Å²) in [4.78, 5) is 14.3. The number of likely N-dealkylation sites (tertiary alicyclic amines) is 1. The van der Waals surface area contributed by atoms with Crippen molar-refractivity contribution in [2.75, 3.05) is 20.1 Å². The molecule has 3 nitrogen and oxygen atoms in total. The number of benzene rings is 2. The van der Waals surface area contributed by atoms with Crippen LogP contribution >= 0.6 is 0 Å². The molecular formula is C19H19F3N2O. The van der Waals surface area contributed by atoms with E-state index < -0.39 is 18.1 Å². The van der Waals surface area contributed by atoms with Crippen molar-refractivity contribution in [2.45, 2.75) is 18.3 Å². The number of hydrogen-bond acceptors (Lipinski definition) is 2. The zero-order valence-electron chi connectivity index (χ0n) is 13.8. The topological polar surface area (TPSA) is 23.6 Å². The summed E-state index contributed by atoms with van der Waals surface area (Å²) in [6.07, 6.45) is -4.83. The summed E-state index contributed by atoms with van der Waals surface area (Å²) in [5, 5.41) is 0. The standard InChI is InChI=1S/C19H19F3N2O/c1-23(18(25)19(20,21)22)16-12-24(13-16)17(14-8-4-2-5-9-14)15-10-6-3-7-11-15/h2-11,16-17H,12-13H2,1H3. The molecule has 1 heterocycles. The second kappa shape index (κ2) is 6.88. The maximum Gasteiger partial charge on any atom is 0.471 e. The Balaban J connectivity index is 1.76. The number of likely N-dealkylation sites (N-methyl/N-ethyl adjacent to an activating group) is 1. The number of carbonyl (C=O) groups excluding carboxylic acids is 1. The molecule has 0 aliphatic carbocycles. The third-order valence-electron chi connectivity index (χ3n) is 4.60. The van der Waals surface area contributed by atoms with Gasteiger partial charge in [-0.1, -0.05) is 60.7 Å². The van der Waals surface area contributed by atoms with Crippen LogP contribution in [0.4, 0.5) is 13.2 Å². The minimum atomic E-state index is -4.83. The molecule has 0 atom stereocenters. The van der Waals surface area contributed by atoms with Crippen molar-refractivity contribution in [3.8, 4) is 0 Å². The van der Waals surface area contributed by atoms with Gasteiger partial charge in [0.15, 0.2) is 0 Å². The lowest BCUT2D eigenvalue weighted by atomic mass is 9.92. The highest BCUT2D eigenvalue weighted by molar-refractivity contribution is 5.82. The summed E-state index contributed by atoms with van der Waals surface area (Å²) < 4.78 is 37.8. The number of hydrogen-bond donors (Lipinski definition) is 0. The lowest BCUT2D eigenvalue weighted by Gasteiger charge is -2.48. The zero-order valence-corrected chi connectivity index (χ0v) is 13.8. The van der Waals surface area contributed by atoms with Crippen LogP contribution in [0.15, 0.2) is 60.7 Å². The summed E-state index contributed by atoms with van der Waals surface area (Å²) in [5.41, 5.74) is 2.16. The predicted molar refractivity (Wildman–Crippen MR) is 88.9 cm³/mol. The minimum absolute atomic E-state index is 0.0342. The zero-order chi connectivity index (χ0) is 18.0. The van der Waals surface area contributed by atoms with Gasteiger partial charge in [0, 0.05) is 20.1 Å². The van der Waals surface area contributed by atoms with E-state index in [2.05, 4.69) is 4.90 Å². The summed E-state index contributed by atoms with van der Waals surface area (Å²) in [6.45, 7) is 0.819. The molecule has 6 heteroatoms. The first-order valence-electron chi connectivity index (χ1n) is 8.06. The Bertz CT molecular complexity index is 673. The van der Waals surface area contributed by atoms with Gasteiger partial charge in [0.1, 0.15) is 0 Å². The summed E-state index contributed by atoms with van der Waals surface area (Å²) in [5.74, 6) is -1.78. The number of halogens is 3. The van der Waals surface area contributed by atoms with Crippen molar-refractivity contribution < 1.29 is 18.0 Å². The summed E-state index contributed by atoms with van der Waals surface area (Å²) >= 11 is 0. The first-order chi connectivity index (χ1) is 11.9. The second-order valence-electron chi connectivity index (χ2n) is 6.25. The second-order valence-corrected chi connectivity index (χ2v) is 6.25. The normalized spacial score (nSPS) is 15.9. The van der Waals surface area contributed by atoms with Crippen LogP contribution in [0.25, 0.3) is 0 Å². The fraction of sp³-hybridized carbons (Fsp3) is 0.316. The molecule has 25 heavy (non-hydrogen) atoms. The quantitative estimate of drug-likeness (QED) is 0.845. The van der Waals surface area contributed by atoms with Crippen molar-refractivity contribution in [1.82, 2.24) is 9.80 Å². The Hall–Kier alpha value is -2.34. The van der Waals surface area contributed by atoms with Gasteiger partial charge < -0.3 is 4.90 Å². The molecule has 1 fully saturated rings. The van der Waals surface area contributed by atoms with E-state index in [0.29, 0.717) is 13.1 Å². The fourth-order valence-electron chi connectivity index (χ4n) is 3.19. The van der Waals surface area contributed by atoms with Crippen LogP contribution in [0.3, 0.4) is 0 Å². The Morgan fingerprint density at radius 1 is 1.00 bits per heavy atom. The Kier molecular flexibility index (Phi) is 4.81. The van der Waals surface area contributed by atoms with E-state index in [4.69, 9.17) is 0 Å². The molecule has 1 amide bonds. The Morgan fingerprint density at radius 2 is 1.44 bits per heavy atom. The molecule has 0 bridgehead atoms. The monoisotopic (exact) mass is 348 g/mol. The predicted octanol–water partition coefficient (Wildman–Crippen LogP) is 3.48. The van der Waals surface area contributed by atoms with Crippen molar-refractivity contribution >= 4 is 5.91 Å². The van der Waals surface area contributed by atoms with Gasteiger partial charge in [-0.15, -0.1) is 0 Å². The summed E-state index contributed by atoms with van der Waals surface area (Å²) in [7, 11) is 1.22. The highest BCUT2D eigenvalue weighted by Gasteiger charge is 2.46. The molecule has 1 saturated heterocycles. The van der Waals surface area contributed by atoms with Gasteiger partial charge >= 0.3 is 12.1 Å². The van der Waals surface area contributed by atoms with Gasteiger partial charge in [0.05, 0.1) is 12.1 Å². The van der Waals surface area contributed by atoms with E-state index in [9.17, 15) is 18.0 Å². The molecule has 2 aromatic carbocycles. The molecule has 0 aromatic heterocycles. The molecule has 0 N–H and O–H groups in total. The first-order valence-corrected chi connectivity index (χ1v) is 8.06. The number of amides is 1. The summed E-state index contributed by atoms with van der Waals surface area (Å²) in [6, 6.07) is 19.2. The number of rotatable bonds is 4. The lowest BCUT2D eigenvalue weighted by Crippen LogP contribution is -2.62. The molecule has 1 aliphatic heterocycles. The van der Waals surface area contributed by atoms with Crippen LogP contribution in [0.1, 0.15) is 17.2 Å². The maximum absolute atomic E-state index is 12.6. The Morgan fingerprint density at radius 3 is 1.84 bits per heavy atom. The van der Waals surface area contributed by atoms with Gasteiger partial charge in [-0.3, -0.25) is 9.69 Å². The molecule has 3 rings (SSSR count). The van der Waals surface area contributed by atoms with Crippen molar-refractivity contribution in [1.29, 1.82) is 0 Å². The van der Waals surface area contributed by atoms with Crippen molar-refractivity contribution in [2.24, 2.45) is 0 Å². The molecule has 0 radical (unpaired) electrons. The molecule has 0 spiro atoms. The van der Waals surface area contributed by atoms with Crippen LogP contribution in [-0.2, 0) is 4.79 Å². The van der Waals surface area contributed by atoms with Gasteiger partial charge in [0.2, 0.25) is 0 Å². The Labute approximate surface area is 144 Å². The third kappa shape index (κ3) is 3.69. The number of carbonyl (C=O) groups is 1.